The van der Waals surface area contributed by atoms with E-state index < -0.39 is 0 Å². The van der Waals surface area contributed by atoms with Gasteiger partial charge >= 0.3 is 0 Å². The summed E-state index contributed by atoms with van der Waals surface area (Å²) in [6.45, 7) is 0. The highest BCUT2D eigenvalue weighted by atomic mass is 79.9. The number of rotatable bonds is 4. The molecule has 1 aliphatic carbocycles. The monoisotopic (exact) mass is 346 g/mol. The number of aliphatic hydroxyl groups is 1. The fraction of sp³-hybridized carbons (Fsp3) is 0.474. The third-order valence-electron chi connectivity index (χ3n) is 4.84. The van der Waals surface area contributed by atoms with Gasteiger partial charge in [0.25, 0.3) is 0 Å². The van der Waals surface area contributed by atoms with Crippen LogP contribution in [0.2, 0.25) is 0 Å². The fourth-order valence-electron chi connectivity index (χ4n) is 3.60. The molecule has 0 aromatic heterocycles. The molecule has 21 heavy (non-hydrogen) atoms. The Morgan fingerprint density at radius 3 is 2.48 bits per heavy atom. The van der Waals surface area contributed by atoms with Crippen LogP contribution in [-0.4, -0.2) is 5.11 Å². The smallest absolute Gasteiger partial charge is 0.0796 e. The molecule has 0 amide bonds. The van der Waals surface area contributed by atoms with Crippen LogP contribution in [0.4, 0.5) is 0 Å². The molecule has 2 aromatic rings. The van der Waals surface area contributed by atoms with E-state index in [1.54, 1.807) is 0 Å². The van der Waals surface area contributed by atoms with Crippen molar-refractivity contribution in [2.24, 2.45) is 5.92 Å². The highest BCUT2D eigenvalue weighted by Crippen LogP contribution is 2.34. The van der Waals surface area contributed by atoms with E-state index in [0.29, 0.717) is 0 Å². The first-order chi connectivity index (χ1) is 10.3. The Kier molecular flexibility index (Phi) is 4.97. The summed E-state index contributed by atoms with van der Waals surface area (Å²) >= 11 is 3.60. The summed E-state index contributed by atoms with van der Waals surface area (Å²) in [5.74, 6) is 0.829. The van der Waals surface area contributed by atoms with E-state index in [-0.39, 0.29) is 6.10 Å². The molecule has 1 N–H and O–H groups in total. The summed E-state index contributed by atoms with van der Waals surface area (Å²) in [5.41, 5.74) is 1.07. The van der Waals surface area contributed by atoms with Gasteiger partial charge in [-0.1, -0.05) is 78.4 Å². The molecule has 112 valence electrons. The summed E-state index contributed by atoms with van der Waals surface area (Å²) < 4.78 is 1.10. The zero-order valence-electron chi connectivity index (χ0n) is 12.4. The second kappa shape index (κ2) is 6.93. The largest absolute Gasteiger partial charge is 0.388 e. The van der Waals surface area contributed by atoms with Crippen molar-refractivity contribution in [3.63, 3.8) is 0 Å². The number of hydrogen-bond acceptors (Lipinski definition) is 1. The molecule has 0 bridgehead atoms. The van der Waals surface area contributed by atoms with Gasteiger partial charge in [-0.2, -0.15) is 0 Å². The van der Waals surface area contributed by atoms with Crippen LogP contribution >= 0.6 is 15.9 Å². The van der Waals surface area contributed by atoms with Crippen molar-refractivity contribution < 1.29 is 5.11 Å². The maximum atomic E-state index is 10.6. The maximum Gasteiger partial charge on any atom is 0.0796 e. The van der Waals surface area contributed by atoms with Gasteiger partial charge in [0, 0.05) is 4.47 Å². The minimum atomic E-state index is -0.343. The lowest BCUT2D eigenvalue weighted by molar-refractivity contribution is 0.152. The average Bonchev–Trinajstić information content (AvgIpc) is 2.54. The molecule has 1 saturated carbocycles. The maximum absolute atomic E-state index is 10.6. The minimum absolute atomic E-state index is 0.343. The van der Waals surface area contributed by atoms with Crippen molar-refractivity contribution in [3.8, 4) is 0 Å². The highest BCUT2D eigenvalue weighted by molar-refractivity contribution is 9.10. The molecule has 1 nitrogen and oxygen atoms in total. The summed E-state index contributed by atoms with van der Waals surface area (Å²) in [6, 6.07) is 12.4. The van der Waals surface area contributed by atoms with Crippen LogP contribution in [0.25, 0.3) is 10.8 Å². The van der Waals surface area contributed by atoms with E-state index in [2.05, 4.69) is 40.2 Å². The second-order valence-corrected chi connectivity index (χ2v) is 7.13. The lowest BCUT2D eigenvalue weighted by Crippen LogP contribution is -2.08. The number of hydrogen-bond donors (Lipinski definition) is 1. The van der Waals surface area contributed by atoms with Gasteiger partial charge in [-0.15, -0.1) is 0 Å². The zero-order chi connectivity index (χ0) is 14.7. The normalized spacial score (nSPS) is 18.0. The van der Waals surface area contributed by atoms with Crippen LogP contribution in [-0.2, 0) is 0 Å². The van der Waals surface area contributed by atoms with Gasteiger partial charge in [-0.05, 0) is 41.2 Å². The Hall–Kier alpha value is -0.860. The minimum Gasteiger partial charge on any atom is -0.388 e. The van der Waals surface area contributed by atoms with Crippen LogP contribution in [0.5, 0.6) is 0 Å². The lowest BCUT2D eigenvalue weighted by atomic mass is 9.84. The Bertz CT molecular complexity index is 602. The van der Waals surface area contributed by atoms with Gasteiger partial charge in [-0.3, -0.25) is 0 Å². The molecule has 0 heterocycles. The molecule has 0 aliphatic heterocycles. The van der Waals surface area contributed by atoms with Crippen LogP contribution < -0.4 is 0 Å². The van der Waals surface area contributed by atoms with Crippen molar-refractivity contribution in [3.05, 3.63) is 46.4 Å². The van der Waals surface area contributed by atoms with Crippen LogP contribution in [0, 0.1) is 5.92 Å². The lowest BCUT2D eigenvalue weighted by Gasteiger charge is -2.23. The third kappa shape index (κ3) is 3.49. The fourth-order valence-corrected chi connectivity index (χ4v) is 4.08. The second-order valence-electron chi connectivity index (χ2n) is 6.28. The van der Waals surface area contributed by atoms with Crippen molar-refractivity contribution >= 4 is 26.7 Å². The van der Waals surface area contributed by atoms with Gasteiger partial charge in [0.2, 0.25) is 0 Å². The molecule has 1 aliphatic rings. The third-order valence-corrected chi connectivity index (χ3v) is 5.53. The molecule has 2 heteroatoms. The number of fused-ring (bicyclic) bond motifs is 1. The number of benzene rings is 2. The summed E-state index contributed by atoms with van der Waals surface area (Å²) in [4.78, 5) is 0. The molecule has 2 aromatic carbocycles. The van der Waals surface area contributed by atoms with Crippen molar-refractivity contribution in [1.82, 2.24) is 0 Å². The predicted octanol–water partition coefficient (Wildman–Crippen LogP) is 6.00. The average molecular weight is 347 g/mol. The van der Waals surface area contributed by atoms with Gasteiger partial charge in [-0.25, -0.2) is 0 Å². The molecule has 0 spiro atoms. The quantitative estimate of drug-likeness (QED) is 0.719. The highest BCUT2D eigenvalue weighted by Gasteiger charge is 2.17. The van der Waals surface area contributed by atoms with E-state index >= 15 is 0 Å². The van der Waals surface area contributed by atoms with Crippen molar-refractivity contribution in [2.45, 2.75) is 51.0 Å². The van der Waals surface area contributed by atoms with Crippen molar-refractivity contribution in [1.29, 1.82) is 0 Å². The van der Waals surface area contributed by atoms with Gasteiger partial charge < -0.3 is 5.11 Å². The first kappa shape index (κ1) is 15.1. The Labute approximate surface area is 135 Å². The molecule has 0 radical (unpaired) electrons. The zero-order valence-corrected chi connectivity index (χ0v) is 14.0. The SMILES string of the molecule is OC(CCC1CCCCC1)c1ccc(Br)c2ccccc12. The Morgan fingerprint density at radius 2 is 1.71 bits per heavy atom. The Balaban J connectivity index is 1.75. The number of halogens is 1. The summed E-state index contributed by atoms with van der Waals surface area (Å²) in [5, 5.41) is 13.0. The summed E-state index contributed by atoms with van der Waals surface area (Å²) in [6.07, 6.45) is 8.56. The first-order valence-corrected chi connectivity index (χ1v) is 8.90. The van der Waals surface area contributed by atoms with Crippen LogP contribution in [0.3, 0.4) is 0 Å². The van der Waals surface area contributed by atoms with Crippen molar-refractivity contribution in [2.75, 3.05) is 0 Å². The number of aliphatic hydroxyl groups excluding tert-OH is 1. The standard InChI is InChI=1S/C19H23BrO/c20-18-12-11-17(15-8-4-5-9-16(15)18)19(21)13-10-14-6-2-1-3-7-14/h4-5,8-9,11-12,14,19,21H,1-3,6-7,10,13H2. The molecule has 3 rings (SSSR count). The molecule has 1 atom stereocenters. The summed E-state index contributed by atoms with van der Waals surface area (Å²) in [7, 11) is 0. The molecular weight excluding hydrogens is 324 g/mol. The molecule has 0 saturated heterocycles. The van der Waals surface area contributed by atoms with Gasteiger partial charge in [0.05, 0.1) is 6.10 Å². The van der Waals surface area contributed by atoms with Crippen LogP contribution in [0.15, 0.2) is 40.9 Å². The molecule has 1 fully saturated rings. The van der Waals surface area contributed by atoms with Gasteiger partial charge in [0.15, 0.2) is 0 Å². The molecule has 1 unspecified atom stereocenters. The predicted molar refractivity (Wildman–Crippen MR) is 92.4 cm³/mol. The van der Waals surface area contributed by atoms with Crippen LogP contribution in [0.1, 0.15) is 56.6 Å². The Morgan fingerprint density at radius 1 is 1.00 bits per heavy atom. The van der Waals surface area contributed by atoms with E-state index in [0.717, 1.165) is 28.8 Å². The van der Waals surface area contributed by atoms with E-state index in [1.165, 1.54) is 42.9 Å². The topological polar surface area (TPSA) is 20.2 Å². The first-order valence-electron chi connectivity index (χ1n) is 8.11. The van der Waals surface area contributed by atoms with E-state index in [9.17, 15) is 5.11 Å². The molecular formula is C19H23BrO. The van der Waals surface area contributed by atoms with E-state index in [4.69, 9.17) is 0 Å². The van der Waals surface area contributed by atoms with Gasteiger partial charge in [0.1, 0.15) is 0 Å². The van der Waals surface area contributed by atoms with E-state index in [1.807, 2.05) is 12.1 Å².